The van der Waals surface area contributed by atoms with E-state index in [1.807, 2.05) is 0 Å². The highest BCUT2D eigenvalue weighted by molar-refractivity contribution is 5.80. The molecule has 3 aliphatic rings. The van der Waals surface area contributed by atoms with Gasteiger partial charge >= 0.3 is 0 Å². The molecule has 0 spiro atoms. The van der Waals surface area contributed by atoms with E-state index in [2.05, 4.69) is 24.1 Å². The van der Waals surface area contributed by atoms with Crippen molar-refractivity contribution in [3.05, 3.63) is 0 Å². The summed E-state index contributed by atoms with van der Waals surface area (Å²) in [6.45, 7) is 9.22. The van der Waals surface area contributed by atoms with Gasteiger partial charge in [0.05, 0.1) is 5.92 Å². The van der Waals surface area contributed by atoms with E-state index in [1.165, 1.54) is 51.7 Å². The molecule has 3 rings (SSSR count). The van der Waals surface area contributed by atoms with Crippen LogP contribution in [0.5, 0.6) is 0 Å². The molecule has 132 valence electrons. The van der Waals surface area contributed by atoms with Gasteiger partial charge < -0.3 is 16.0 Å². The van der Waals surface area contributed by atoms with E-state index >= 15 is 0 Å². The Morgan fingerprint density at radius 3 is 2.43 bits per heavy atom. The van der Waals surface area contributed by atoms with E-state index in [4.69, 9.17) is 5.73 Å². The average Bonchev–Trinajstić information content (AvgIpc) is 3.06. The lowest BCUT2D eigenvalue weighted by atomic mass is 9.84. The van der Waals surface area contributed by atoms with Crippen molar-refractivity contribution in [3.63, 3.8) is 0 Å². The summed E-state index contributed by atoms with van der Waals surface area (Å²) in [5.41, 5.74) is 6.25. The molecule has 1 saturated heterocycles. The summed E-state index contributed by atoms with van der Waals surface area (Å²) in [6, 6.07) is 0.116. The van der Waals surface area contributed by atoms with Crippen LogP contribution in [0.25, 0.3) is 0 Å². The molecule has 2 aliphatic carbocycles. The van der Waals surface area contributed by atoms with Crippen molar-refractivity contribution < 1.29 is 4.79 Å². The van der Waals surface area contributed by atoms with Gasteiger partial charge in [-0.3, -0.25) is 4.79 Å². The third-order valence-corrected chi connectivity index (χ3v) is 6.43. The molecular weight excluding hydrogens is 286 g/mol. The number of carbonyl (C=O) groups is 1. The van der Waals surface area contributed by atoms with Crippen molar-refractivity contribution in [1.29, 1.82) is 0 Å². The second-order valence-electron chi connectivity index (χ2n) is 8.64. The van der Waals surface area contributed by atoms with Gasteiger partial charge in [-0.15, -0.1) is 0 Å². The first kappa shape index (κ1) is 17.2. The largest absolute Gasteiger partial charge is 0.356 e. The Hall–Kier alpha value is -0.610. The van der Waals surface area contributed by atoms with Crippen molar-refractivity contribution in [3.8, 4) is 0 Å². The van der Waals surface area contributed by atoms with Crippen LogP contribution in [0.4, 0.5) is 0 Å². The summed E-state index contributed by atoms with van der Waals surface area (Å²) < 4.78 is 0. The molecule has 6 atom stereocenters. The van der Waals surface area contributed by atoms with E-state index < -0.39 is 0 Å². The Morgan fingerprint density at radius 2 is 1.78 bits per heavy atom. The van der Waals surface area contributed by atoms with Gasteiger partial charge in [0, 0.05) is 25.7 Å². The van der Waals surface area contributed by atoms with Gasteiger partial charge in [-0.05, 0) is 68.7 Å². The van der Waals surface area contributed by atoms with Crippen LogP contribution in [0.3, 0.4) is 0 Å². The summed E-state index contributed by atoms with van der Waals surface area (Å²) in [4.78, 5) is 15.0. The molecule has 4 nitrogen and oxygen atoms in total. The Labute approximate surface area is 141 Å². The number of amides is 1. The minimum absolute atomic E-state index is 0.0949. The van der Waals surface area contributed by atoms with Crippen molar-refractivity contribution in [2.45, 2.75) is 58.4 Å². The third kappa shape index (κ3) is 4.08. The number of rotatable bonds is 6. The van der Waals surface area contributed by atoms with Crippen LogP contribution >= 0.6 is 0 Å². The van der Waals surface area contributed by atoms with Crippen LogP contribution in [0.15, 0.2) is 0 Å². The number of unbranched alkanes of at least 4 members (excludes halogenated alkanes) is 1. The first-order valence-corrected chi connectivity index (χ1v) is 9.80. The van der Waals surface area contributed by atoms with Crippen LogP contribution in [-0.4, -0.2) is 43.0 Å². The summed E-state index contributed by atoms with van der Waals surface area (Å²) >= 11 is 0. The van der Waals surface area contributed by atoms with Crippen LogP contribution < -0.4 is 11.1 Å². The molecule has 2 bridgehead atoms. The van der Waals surface area contributed by atoms with Crippen molar-refractivity contribution in [1.82, 2.24) is 10.2 Å². The third-order valence-electron chi connectivity index (χ3n) is 6.43. The van der Waals surface area contributed by atoms with E-state index in [1.54, 1.807) is 0 Å². The number of likely N-dealkylation sites (tertiary alicyclic amines) is 1. The van der Waals surface area contributed by atoms with Gasteiger partial charge in [0.15, 0.2) is 0 Å². The van der Waals surface area contributed by atoms with Crippen LogP contribution in [-0.2, 0) is 4.79 Å². The predicted molar refractivity (Wildman–Crippen MR) is 93.9 cm³/mol. The number of carbonyl (C=O) groups excluding carboxylic acids is 1. The SMILES string of the molecule is CC1CC(C)CN(CCCCNC(=O)C2C3CCC(C3)C2N)C1. The second kappa shape index (κ2) is 7.52. The monoisotopic (exact) mass is 321 g/mol. The maximum absolute atomic E-state index is 12.4. The summed E-state index contributed by atoms with van der Waals surface area (Å²) in [5, 5.41) is 3.16. The fourth-order valence-electron chi connectivity index (χ4n) is 5.49. The highest BCUT2D eigenvalue weighted by Gasteiger charge is 2.48. The molecule has 0 aromatic rings. The number of nitrogens with one attached hydrogen (secondary N) is 1. The van der Waals surface area contributed by atoms with E-state index in [0.29, 0.717) is 11.8 Å². The molecule has 0 aromatic heterocycles. The Morgan fingerprint density at radius 1 is 1.09 bits per heavy atom. The lowest BCUT2D eigenvalue weighted by Crippen LogP contribution is -2.45. The van der Waals surface area contributed by atoms with Gasteiger partial charge in [0.2, 0.25) is 5.91 Å². The lowest BCUT2D eigenvalue weighted by Gasteiger charge is -2.35. The molecule has 6 unspecified atom stereocenters. The standard InChI is InChI=1S/C19H35N3O/c1-13-9-14(2)12-22(11-13)8-4-3-7-21-19(23)17-15-5-6-16(10-15)18(17)20/h13-18H,3-12,20H2,1-2H3,(H,21,23). The summed E-state index contributed by atoms with van der Waals surface area (Å²) in [5.74, 6) is 3.16. The number of nitrogens with two attached hydrogens (primary N) is 1. The minimum atomic E-state index is 0.0949. The molecule has 2 saturated carbocycles. The zero-order valence-electron chi connectivity index (χ0n) is 15.0. The fourth-order valence-corrected chi connectivity index (χ4v) is 5.49. The smallest absolute Gasteiger partial charge is 0.224 e. The summed E-state index contributed by atoms with van der Waals surface area (Å²) in [6.07, 6.45) is 7.27. The van der Waals surface area contributed by atoms with Crippen molar-refractivity contribution in [2.24, 2.45) is 35.3 Å². The molecule has 1 amide bonds. The van der Waals surface area contributed by atoms with E-state index in [9.17, 15) is 4.79 Å². The molecule has 4 heteroatoms. The normalized spacial score (nSPS) is 40.5. The highest BCUT2D eigenvalue weighted by Crippen LogP contribution is 2.47. The molecule has 3 fully saturated rings. The summed E-state index contributed by atoms with van der Waals surface area (Å²) in [7, 11) is 0. The maximum atomic E-state index is 12.4. The Kier molecular flexibility index (Phi) is 5.63. The molecule has 1 aliphatic heterocycles. The molecule has 0 radical (unpaired) electrons. The van der Waals surface area contributed by atoms with Gasteiger partial charge in [-0.2, -0.15) is 0 Å². The second-order valence-corrected chi connectivity index (χ2v) is 8.64. The predicted octanol–water partition coefficient (Wildman–Crippen LogP) is 2.23. The van der Waals surface area contributed by atoms with Gasteiger partial charge in [-0.25, -0.2) is 0 Å². The number of nitrogens with zero attached hydrogens (tertiary/aromatic N) is 1. The van der Waals surface area contributed by atoms with Crippen LogP contribution in [0.2, 0.25) is 0 Å². The number of fused-ring (bicyclic) bond motifs is 2. The van der Waals surface area contributed by atoms with E-state index in [0.717, 1.165) is 24.8 Å². The Balaban J connectivity index is 1.30. The molecule has 1 heterocycles. The van der Waals surface area contributed by atoms with E-state index in [-0.39, 0.29) is 17.9 Å². The van der Waals surface area contributed by atoms with Crippen LogP contribution in [0.1, 0.15) is 52.4 Å². The first-order valence-electron chi connectivity index (χ1n) is 9.80. The quantitative estimate of drug-likeness (QED) is 0.738. The van der Waals surface area contributed by atoms with Gasteiger partial charge in [0.1, 0.15) is 0 Å². The fraction of sp³-hybridized carbons (Fsp3) is 0.947. The molecule has 0 aromatic carbocycles. The zero-order chi connectivity index (χ0) is 16.4. The van der Waals surface area contributed by atoms with Crippen molar-refractivity contribution in [2.75, 3.05) is 26.2 Å². The lowest BCUT2D eigenvalue weighted by molar-refractivity contribution is -0.127. The Bertz CT molecular complexity index is 401. The zero-order valence-corrected chi connectivity index (χ0v) is 15.0. The molecule has 3 N–H and O–H groups in total. The average molecular weight is 322 g/mol. The van der Waals surface area contributed by atoms with Gasteiger partial charge in [-0.1, -0.05) is 13.8 Å². The van der Waals surface area contributed by atoms with Gasteiger partial charge in [0.25, 0.3) is 0 Å². The number of hydrogen-bond donors (Lipinski definition) is 2. The first-order chi connectivity index (χ1) is 11.0. The highest BCUT2D eigenvalue weighted by atomic mass is 16.1. The number of piperidine rings is 1. The minimum Gasteiger partial charge on any atom is -0.356 e. The topological polar surface area (TPSA) is 58.4 Å². The molecular formula is C19H35N3O. The molecule has 23 heavy (non-hydrogen) atoms. The van der Waals surface area contributed by atoms with Crippen LogP contribution in [0, 0.1) is 29.6 Å². The van der Waals surface area contributed by atoms with Crippen molar-refractivity contribution >= 4 is 5.91 Å². The number of hydrogen-bond acceptors (Lipinski definition) is 3. The maximum Gasteiger partial charge on any atom is 0.224 e.